The number of benzene rings is 2. The van der Waals surface area contributed by atoms with Crippen molar-refractivity contribution in [2.75, 3.05) is 19.8 Å². The first-order chi connectivity index (χ1) is 15.6. The summed E-state index contributed by atoms with van der Waals surface area (Å²) in [7, 11) is 0. The van der Waals surface area contributed by atoms with Gasteiger partial charge in [0.1, 0.15) is 5.01 Å². The van der Waals surface area contributed by atoms with Crippen LogP contribution in [0.15, 0.2) is 53.9 Å². The summed E-state index contributed by atoms with van der Waals surface area (Å²) in [4.78, 5) is 16.7. The van der Waals surface area contributed by atoms with Crippen LogP contribution in [0.1, 0.15) is 31.5 Å². The Bertz CT molecular complexity index is 993. The smallest absolute Gasteiger partial charge is 0.335 e. The fraction of sp³-hybridized carbons (Fsp3) is 0.360. The maximum atomic E-state index is 14.5. The van der Waals surface area contributed by atoms with E-state index in [9.17, 15) is 9.18 Å². The number of hydrogen-bond donors (Lipinski definition) is 0. The van der Waals surface area contributed by atoms with Crippen molar-refractivity contribution >= 4 is 17.3 Å². The first kappa shape index (κ1) is 23.9. The van der Waals surface area contributed by atoms with Crippen LogP contribution in [-0.4, -0.2) is 36.9 Å². The molecule has 0 saturated heterocycles. The molecule has 0 saturated carbocycles. The highest BCUT2D eigenvalue weighted by Gasteiger charge is 2.21. The number of aromatic nitrogens is 1. The second-order valence-corrected chi connectivity index (χ2v) is 7.99. The summed E-state index contributed by atoms with van der Waals surface area (Å²) >= 11 is 1.62. The fourth-order valence-electron chi connectivity index (χ4n) is 3.22. The Morgan fingerprint density at radius 1 is 1.12 bits per heavy atom. The molecule has 0 N–H and O–H groups in total. The minimum Gasteiger partial charge on any atom is -0.491 e. The molecule has 1 heterocycles. The van der Waals surface area contributed by atoms with Crippen LogP contribution in [0.25, 0.3) is 10.6 Å². The van der Waals surface area contributed by atoms with Crippen LogP contribution in [0.3, 0.4) is 0 Å². The number of carbonyl (C=O) groups excluding carboxylic acids is 1. The molecule has 2 aromatic carbocycles. The lowest BCUT2D eigenvalue weighted by atomic mass is 10.1. The third-order valence-corrected chi connectivity index (χ3v) is 5.68. The Hall–Kier alpha value is -2.77. The van der Waals surface area contributed by atoms with Crippen LogP contribution in [0.4, 0.5) is 4.39 Å². The van der Waals surface area contributed by atoms with Gasteiger partial charge < -0.3 is 14.2 Å². The predicted octanol–water partition coefficient (Wildman–Crippen LogP) is 5.47. The largest absolute Gasteiger partial charge is 0.491 e. The van der Waals surface area contributed by atoms with Gasteiger partial charge in [-0.05, 0) is 44.4 Å². The highest BCUT2D eigenvalue weighted by atomic mass is 32.1. The van der Waals surface area contributed by atoms with Crippen LogP contribution in [0.5, 0.6) is 5.75 Å². The van der Waals surface area contributed by atoms with Crippen molar-refractivity contribution < 1.29 is 23.4 Å². The minimum atomic E-state index is -0.745. The Morgan fingerprint density at radius 3 is 2.66 bits per heavy atom. The maximum Gasteiger partial charge on any atom is 0.335 e. The molecule has 0 fully saturated rings. The van der Waals surface area contributed by atoms with Crippen molar-refractivity contribution in [3.05, 3.63) is 71.0 Å². The van der Waals surface area contributed by atoms with Gasteiger partial charge in [-0.1, -0.05) is 36.4 Å². The van der Waals surface area contributed by atoms with Gasteiger partial charge in [-0.3, -0.25) is 0 Å². The summed E-state index contributed by atoms with van der Waals surface area (Å²) < 4.78 is 30.6. The Balaban J connectivity index is 1.48. The second-order valence-electron chi connectivity index (χ2n) is 7.13. The van der Waals surface area contributed by atoms with E-state index in [0.29, 0.717) is 18.8 Å². The molecule has 0 radical (unpaired) electrons. The summed E-state index contributed by atoms with van der Waals surface area (Å²) in [5, 5.41) is 3.05. The highest BCUT2D eigenvalue weighted by Crippen LogP contribution is 2.24. The molecular formula is C25H28FNO4S. The molecule has 0 bridgehead atoms. The number of carbonyl (C=O) groups is 1. The van der Waals surface area contributed by atoms with E-state index in [-0.39, 0.29) is 18.8 Å². The van der Waals surface area contributed by atoms with Gasteiger partial charge in [0, 0.05) is 24.0 Å². The van der Waals surface area contributed by atoms with E-state index in [0.717, 1.165) is 29.1 Å². The molecule has 7 heteroatoms. The van der Waals surface area contributed by atoms with Gasteiger partial charge in [-0.15, -0.1) is 11.3 Å². The zero-order valence-corrected chi connectivity index (χ0v) is 19.2. The molecule has 1 aromatic heterocycles. The average molecular weight is 458 g/mol. The normalized spacial score (nSPS) is 11.8. The number of halogens is 1. The summed E-state index contributed by atoms with van der Waals surface area (Å²) in [6.07, 6.45) is 0.995. The van der Waals surface area contributed by atoms with Crippen molar-refractivity contribution in [3.8, 4) is 16.3 Å². The van der Waals surface area contributed by atoms with E-state index < -0.39 is 17.9 Å². The third kappa shape index (κ3) is 6.87. The lowest BCUT2D eigenvalue weighted by Gasteiger charge is -2.16. The van der Waals surface area contributed by atoms with E-state index in [4.69, 9.17) is 14.2 Å². The Morgan fingerprint density at radius 2 is 1.94 bits per heavy atom. The van der Waals surface area contributed by atoms with Gasteiger partial charge in [0.05, 0.1) is 18.9 Å². The quantitative estimate of drug-likeness (QED) is 0.267. The standard InChI is InChI=1S/C25H28FNO4S/c1-3-29-23(25(28)30-4-2)16-18-12-13-22(21(26)15-18)31-14-8-11-20-17-32-24(27-20)19-9-6-5-7-10-19/h5-7,9-10,12-13,15,17,23H,3-4,8,11,14,16H2,1-2H3. The van der Waals surface area contributed by atoms with Crippen LogP contribution in [-0.2, 0) is 27.1 Å². The molecule has 0 aliphatic carbocycles. The van der Waals surface area contributed by atoms with Crippen LogP contribution >= 0.6 is 11.3 Å². The monoisotopic (exact) mass is 457 g/mol. The van der Waals surface area contributed by atoms with E-state index in [1.165, 1.54) is 6.07 Å². The number of nitrogens with zero attached hydrogens (tertiary/aromatic N) is 1. The Kier molecular flexibility index (Phi) is 9.19. The predicted molar refractivity (Wildman–Crippen MR) is 124 cm³/mol. The summed E-state index contributed by atoms with van der Waals surface area (Å²) in [6.45, 7) is 4.58. The third-order valence-electron chi connectivity index (χ3n) is 4.74. The molecular weight excluding hydrogens is 429 g/mol. The van der Waals surface area contributed by atoms with Crippen LogP contribution < -0.4 is 4.74 Å². The number of ether oxygens (including phenoxy) is 3. The van der Waals surface area contributed by atoms with Gasteiger partial charge in [0.15, 0.2) is 17.7 Å². The molecule has 1 atom stereocenters. The second kappa shape index (κ2) is 12.3. The summed E-state index contributed by atoms with van der Waals surface area (Å²) in [5.41, 5.74) is 2.77. The van der Waals surface area contributed by atoms with Crippen molar-refractivity contribution in [3.63, 3.8) is 0 Å². The molecule has 3 rings (SSSR count). The van der Waals surface area contributed by atoms with E-state index in [2.05, 4.69) is 10.4 Å². The topological polar surface area (TPSA) is 57.7 Å². The van der Waals surface area contributed by atoms with Crippen LogP contribution in [0, 0.1) is 5.82 Å². The lowest BCUT2D eigenvalue weighted by molar-refractivity contribution is -0.156. The van der Waals surface area contributed by atoms with Crippen molar-refractivity contribution in [1.82, 2.24) is 4.98 Å². The maximum absolute atomic E-state index is 14.5. The molecule has 1 unspecified atom stereocenters. The van der Waals surface area contributed by atoms with Crippen molar-refractivity contribution in [2.45, 2.75) is 39.2 Å². The SMILES string of the molecule is CCOC(=O)C(Cc1ccc(OCCCc2csc(-c3ccccc3)n2)c(F)c1)OCC. The molecule has 0 aliphatic rings. The van der Waals surface area contributed by atoms with Gasteiger partial charge in [0.25, 0.3) is 0 Å². The fourth-order valence-corrected chi connectivity index (χ4v) is 4.08. The number of rotatable bonds is 12. The van der Waals surface area contributed by atoms with Crippen molar-refractivity contribution in [1.29, 1.82) is 0 Å². The first-order valence-electron chi connectivity index (χ1n) is 10.8. The summed E-state index contributed by atoms with van der Waals surface area (Å²) in [6, 6.07) is 14.8. The van der Waals surface area contributed by atoms with Gasteiger partial charge in [-0.25, -0.2) is 14.2 Å². The molecule has 0 spiro atoms. The number of thiazole rings is 1. The molecule has 0 aliphatic heterocycles. The van der Waals surface area contributed by atoms with E-state index >= 15 is 0 Å². The van der Waals surface area contributed by atoms with Gasteiger partial charge >= 0.3 is 5.97 Å². The molecule has 170 valence electrons. The molecule has 32 heavy (non-hydrogen) atoms. The average Bonchev–Trinajstić information content (AvgIpc) is 3.27. The Labute approximate surface area is 192 Å². The lowest BCUT2D eigenvalue weighted by Crippen LogP contribution is -2.29. The highest BCUT2D eigenvalue weighted by molar-refractivity contribution is 7.13. The first-order valence-corrected chi connectivity index (χ1v) is 11.7. The number of aryl methyl sites for hydroxylation is 1. The number of hydrogen-bond acceptors (Lipinski definition) is 6. The zero-order chi connectivity index (χ0) is 22.8. The zero-order valence-electron chi connectivity index (χ0n) is 18.4. The van der Waals surface area contributed by atoms with Gasteiger partial charge in [-0.2, -0.15) is 0 Å². The van der Waals surface area contributed by atoms with Crippen LogP contribution in [0.2, 0.25) is 0 Å². The van der Waals surface area contributed by atoms with Gasteiger partial charge in [0.2, 0.25) is 0 Å². The number of esters is 1. The summed E-state index contributed by atoms with van der Waals surface area (Å²) in [5.74, 6) is -0.699. The van der Waals surface area contributed by atoms with Crippen molar-refractivity contribution in [2.24, 2.45) is 0 Å². The minimum absolute atomic E-state index is 0.195. The van der Waals surface area contributed by atoms with E-state index in [1.54, 1.807) is 37.3 Å². The molecule has 5 nitrogen and oxygen atoms in total. The van der Waals surface area contributed by atoms with E-state index in [1.807, 2.05) is 30.3 Å². The molecule has 0 amide bonds. The molecule has 3 aromatic rings.